The van der Waals surface area contributed by atoms with Crippen LogP contribution in [-0.2, 0) is 11.2 Å². The Labute approximate surface area is 79.4 Å². The Morgan fingerprint density at radius 1 is 1.64 bits per heavy atom. The molecule has 4 nitrogen and oxygen atoms in total. The van der Waals surface area contributed by atoms with E-state index in [1.54, 1.807) is 6.07 Å². The molecule has 0 aliphatic heterocycles. The third-order valence-electron chi connectivity index (χ3n) is 1.64. The summed E-state index contributed by atoms with van der Waals surface area (Å²) < 4.78 is 13.0. The van der Waals surface area contributed by atoms with Gasteiger partial charge in [-0.15, -0.1) is 0 Å². The zero-order valence-corrected chi connectivity index (χ0v) is 7.12. The van der Waals surface area contributed by atoms with Gasteiger partial charge in [-0.1, -0.05) is 0 Å². The first kappa shape index (κ1) is 9.99. The number of nitriles is 1. The largest absolute Gasteiger partial charge is 0.481 e. The Bertz CT molecular complexity index is 424. The van der Waals surface area contributed by atoms with Gasteiger partial charge in [-0.2, -0.15) is 5.26 Å². The lowest BCUT2D eigenvalue weighted by Crippen LogP contribution is -2.03. The van der Waals surface area contributed by atoms with Gasteiger partial charge in [-0.3, -0.25) is 4.79 Å². The summed E-state index contributed by atoms with van der Waals surface area (Å²) in [6, 6.07) is 3.99. The predicted molar refractivity (Wildman–Crippen MR) is 46.9 cm³/mol. The fourth-order valence-corrected chi connectivity index (χ4v) is 1.07. The lowest BCUT2D eigenvalue weighted by Gasteiger charge is -2.02. The minimum absolute atomic E-state index is 0.208. The summed E-state index contributed by atoms with van der Waals surface area (Å²) in [5, 5.41) is 17.0. The van der Waals surface area contributed by atoms with Gasteiger partial charge in [0.25, 0.3) is 0 Å². The quantitative estimate of drug-likeness (QED) is 0.685. The number of halogens is 1. The second kappa shape index (κ2) is 3.75. The summed E-state index contributed by atoms with van der Waals surface area (Å²) in [5.41, 5.74) is 5.12. The third-order valence-corrected chi connectivity index (χ3v) is 1.64. The number of nitrogens with two attached hydrogens (primary N) is 1. The summed E-state index contributed by atoms with van der Waals surface area (Å²) in [6.07, 6.45) is -0.279. The number of nitrogens with zero attached hydrogens (tertiary/aromatic N) is 1. The van der Waals surface area contributed by atoms with Crippen LogP contribution in [0.4, 0.5) is 10.1 Å². The standard InChI is InChI=1S/C9H7FN2O2/c10-9-6(4-11)1-5(2-7(9)12)3-8(13)14/h1-2H,3,12H2,(H,13,14). The summed E-state index contributed by atoms with van der Waals surface area (Å²) in [6.45, 7) is 0. The zero-order chi connectivity index (χ0) is 10.7. The highest BCUT2D eigenvalue weighted by Gasteiger charge is 2.09. The van der Waals surface area contributed by atoms with Gasteiger partial charge in [-0.05, 0) is 17.7 Å². The van der Waals surface area contributed by atoms with Crippen molar-refractivity contribution in [2.24, 2.45) is 0 Å². The van der Waals surface area contributed by atoms with E-state index in [-0.39, 0.29) is 17.7 Å². The zero-order valence-electron chi connectivity index (χ0n) is 7.12. The number of carboxylic acids is 1. The third kappa shape index (κ3) is 1.98. The fraction of sp³-hybridized carbons (Fsp3) is 0.111. The van der Waals surface area contributed by atoms with E-state index in [0.717, 1.165) is 0 Å². The second-order valence-corrected chi connectivity index (χ2v) is 2.73. The van der Waals surface area contributed by atoms with Gasteiger partial charge in [0.2, 0.25) is 0 Å². The molecule has 0 radical (unpaired) electrons. The molecule has 0 unspecified atom stereocenters. The van der Waals surface area contributed by atoms with Gasteiger partial charge in [0, 0.05) is 0 Å². The van der Waals surface area contributed by atoms with E-state index in [2.05, 4.69) is 0 Å². The van der Waals surface area contributed by atoms with Crippen molar-refractivity contribution in [2.45, 2.75) is 6.42 Å². The highest BCUT2D eigenvalue weighted by Crippen LogP contribution is 2.17. The molecule has 0 amide bonds. The van der Waals surface area contributed by atoms with Crippen molar-refractivity contribution in [3.63, 3.8) is 0 Å². The van der Waals surface area contributed by atoms with Crippen LogP contribution in [0.3, 0.4) is 0 Å². The van der Waals surface area contributed by atoms with Gasteiger partial charge < -0.3 is 10.8 Å². The molecule has 14 heavy (non-hydrogen) atoms. The van der Waals surface area contributed by atoms with E-state index in [1.807, 2.05) is 0 Å². The van der Waals surface area contributed by atoms with E-state index in [0.29, 0.717) is 5.56 Å². The smallest absolute Gasteiger partial charge is 0.307 e. The topological polar surface area (TPSA) is 87.1 Å². The Balaban J connectivity index is 3.18. The molecule has 0 saturated carbocycles. The molecule has 0 atom stereocenters. The molecule has 1 aromatic rings. The number of benzene rings is 1. The normalized spacial score (nSPS) is 9.43. The van der Waals surface area contributed by atoms with Crippen LogP contribution in [0.15, 0.2) is 12.1 Å². The summed E-state index contributed by atoms with van der Waals surface area (Å²) in [5.74, 6) is -1.86. The van der Waals surface area contributed by atoms with Crippen molar-refractivity contribution in [2.75, 3.05) is 5.73 Å². The predicted octanol–water partition coefficient (Wildman–Crippen LogP) is 0.907. The number of hydrogen-bond acceptors (Lipinski definition) is 3. The van der Waals surface area contributed by atoms with Gasteiger partial charge in [0.15, 0.2) is 5.82 Å². The van der Waals surface area contributed by atoms with E-state index in [9.17, 15) is 9.18 Å². The highest BCUT2D eigenvalue weighted by atomic mass is 19.1. The molecular weight excluding hydrogens is 187 g/mol. The molecule has 0 aliphatic rings. The average molecular weight is 194 g/mol. The van der Waals surface area contributed by atoms with Gasteiger partial charge in [0.05, 0.1) is 17.7 Å². The van der Waals surface area contributed by atoms with Crippen molar-refractivity contribution < 1.29 is 14.3 Å². The minimum Gasteiger partial charge on any atom is -0.481 e. The van der Waals surface area contributed by atoms with Crippen molar-refractivity contribution in [1.29, 1.82) is 5.26 Å². The van der Waals surface area contributed by atoms with E-state index < -0.39 is 11.8 Å². The number of carbonyl (C=O) groups is 1. The molecule has 0 fully saturated rings. The summed E-state index contributed by atoms with van der Waals surface area (Å²) in [4.78, 5) is 10.3. The molecule has 0 aromatic heterocycles. The lowest BCUT2D eigenvalue weighted by atomic mass is 10.1. The maximum Gasteiger partial charge on any atom is 0.307 e. The molecule has 72 valence electrons. The molecule has 5 heteroatoms. The van der Waals surface area contributed by atoms with Crippen molar-refractivity contribution in [3.05, 3.63) is 29.1 Å². The van der Waals surface area contributed by atoms with Crippen LogP contribution in [0, 0.1) is 17.1 Å². The first-order valence-corrected chi connectivity index (χ1v) is 3.74. The number of aliphatic carboxylic acids is 1. The van der Waals surface area contributed by atoms with Crippen LogP contribution in [0.25, 0.3) is 0 Å². The monoisotopic (exact) mass is 194 g/mol. The van der Waals surface area contributed by atoms with Crippen LogP contribution >= 0.6 is 0 Å². The molecule has 0 aliphatic carbocycles. The van der Waals surface area contributed by atoms with E-state index in [1.165, 1.54) is 12.1 Å². The minimum atomic E-state index is -1.06. The number of nitrogen functional groups attached to an aromatic ring is 1. The Morgan fingerprint density at radius 3 is 2.79 bits per heavy atom. The van der Waals surface area contributed by atoms with Crippen LogP contribution in [0.1, 0.15) is 11.1 Å². The molecule has 0 bridgehead atoms. The van der Waals surface area contributed by atoms with Gasteiger partial charge in [-0.25, -0.2) is 4.39 Å². The maximum atomic E-state index is 13.0. The molecule has 0 spiro atoms. The number of rotatable bonds is 2. The fourth-order valence-electron chi connectivity index (χ4n) is 1.07. The number of hydrogen-bond donors (Lipinski definition) is 2. The van der Waals surface area contributed by atoms with Crippen LogP contribution < -0.4 is 5.73 Å². The van der Waals surface area contributed by atoms with Crippen LogP contribution in [0.2, 0.25) is 0 Å². The van der Waals surface area contributed by atoms with Crippen LogP contribution in [0.5, 0.6) is 0 Å². The number of anilines is 1. The molecule has 0 saturated heterocycles. The molecule has 1 aromatic carbocycles. The Kier molecular flexibility index (Phi) is 2.67. The lowest BCUT2D eigenvalue weighted by molar-refractivity contribution is -0.136. The summed E-state index contributed by atoms with van der Waals surface area (Å²) >= 11 is 0. The second-order valence-electron chi connectivity index (χ2n) is 2.73. The van der Waals surface area contributed by atoms with Gasteiger partial charge >= 0.3 is 5.97 Å². The Morgan fingerprint density at radius 2 is 2.29 bits per heavy atom. The average Bonchev–Trinajstić information content (AvgIpc) is 2.10. The van der Waals surface area contributed by atoms with Crippen molar-refractivity contribution >= 4 is 11.7 Å². The highest BCUT2D eigenvalue weighted by molar-refractivity contribution is 5.71. The SMILES string of the molecule is N#Cc1cc(CC(=O)O)cc(N)c1F. The summed E-state index contributed by atoms with van der Waals surface area (Å²) in [7, 11) is 0. The van der Waals surface area contributed by atoms with Gasteiger partial charge in [0.1, 0.15) is 6.07 Å². The molecular formula is C9H7FN2O2. The van der Waals surface area contributed by atoms with E-state index in [4.69, 9.17) is 16.1 Å². The molecule has 0 heterocycles. The molecule has 3 N–H and O–H groups in total. The van der Waals surface area contributed by atoms with Crippen molar-refractivity contribution in [1.82, 2.24) is 0 Å². The van der Waals surface area contributed by atoms with Crippen LogP contribution in [-0.4, -0.2) is 11.1 Å². The van der Waals surface area contributed by atoms with E-state index >= 15 is 0 Å². The first-order valence-electron chi connectivity index (χ1n) is 3.74. The van der Waals surface area contributed by atoms with Crippen molar-refractivity contribution in [3.8, 4) is 6.07 Å². The maximum absolute atomic E-state index is 13.0. The first-order chi connectivity index (χ1) is 6.54. The Hall–Kier alpha value is -2.09. The molecule has 1 rings (SSSR count). The number of carboxylic acid groups (broad SMARTS) is 1.